The number of hydrogen-bond acceptors (Lipinski definition) is 5. The number of rotatable bonds is 8. The van der Waals surface area contributed by atoms with Gasteiger partial charge in [-0.1, -0.05) is 23.7 Å². The third kappa shape index (κ3) is 6.43. The van der Waals surface area contributed by atoms with Crippen molar-refractivity contribution >= 4 is 27.5 Å². The first-order valence-corrected chi connectivity index (χ1v) is 11.6. The normalized spacial score (nSPS) is 15.7. The lowest BCUT2D eigenvalue weighted by Gasteiger charge is -2.31. The maximum absolute atomic E-state index is 12.5. The van der Waals surface area contributed by atoms with Crippen molar-refractivity contribution in [1.82, 2.24) is 14.9 Å². The van der Waals surface area contributed by atoms with Crippen LogP contribution in [0.3, 0.4) is 0 Å². The van der Waals surface area contributed by atoms with Gasteiger partial charge in [-0.05, 0) is 54.8 Å². The summed E-state index contributed by atoms with van der Waals surface area (Å²) in [5.41, 5.74) is 1.000. The van der Waals surface area contributed by atoms with Gasteiger partial charge in [0.05, 0.1) is 18.6 Å². The Morgan fingerprint density at radius 1 is 1.10 bits per heavy atom. The number of sulfonamides is 1. The first kappa shape index (κ1) is 22.6. The van der Waals surface area contributed by atoms with Crippen LogP contribution in [0.4, 0.5) is 0 Å². The van der Waals surface area contributed by atoms with Crippen LogP contribution in [0.2, 0.25) is 5.02 Å². The van der Waals surface area contributed by atoms with E-state index in [0.29, 0.717) is 44.0 Å². The highest BCUT2D eigenvalue weighted by atomic mass is 35.5. The summed E-state index contributed by atoms with van der Waals surface area (Å²) in [6.07, 6.45) is 1.30. The average molecular weight is 452 g/mol. The molecule has 162 valence electrons. The van der Waals surface area contributed by atoms with E-state index < -0.39 is 10.0 Å². The summed E-state index contributed by atoms with van der Waals surface area (Å²) in [6.45, 7) is 2.07. The molecule has 0 atom stereocenters. The summed E-state index contributed by atoms with van der Waals surface area (Å²) in [7, 11) is -1.96. The number of halogens is 1. The zero-order valence-electron chi connectivity index (χ0n) is 16.8. The van der Waals surface area contributed by atoms with Gasteiger partial charge >= 0.3 is 0 Å². The SMILES string of the molecule is COc1ccc(CNC(=O)CN2CCC(NS(=O)(=O)c3ccc(Cl)cc3)CC2)cc1. The van der Waals surface area contributed by atoms with Gasteiger partial charge in [-0.2, -0.15) is 0 Å². The molecule has 1 heterocycles. The van der Waals surface area contributed by atoms with Crippen LogP contribution in [0.5, 0.6) is 5.75 Å². The molecule has 1 amide bonds. The number of nitrogens with zero attached hydrogens (tertiary/aromatic N) is 1. The Balaban J connectivity index is 1.41. The molecule has 0 unspecified atom stereocenters. The molecule has 2 aromatic carbocycles. The third-order valence-corrected chi connectivity index (χ3v) is 6.84. The number of ether oxygens (including phenoxy) is 1. The quantitative estimate of drug-likeness (QED) is 0.643. The maximum atomic E-state index is 12.5. The van der Waals surface area contributed by atoms with E-state index in [1.807, 2.05) is 29.2 Å². The van der Waals surface area contributed by atoms with Gasteiger partial charge in [0.25, 0.3) is 0 Å². The van der Waals surface area contributed by atoms with Crippen LogP contribution in [0.25, 0.3) is 0 Å². The Bertz CT molecular complexity index is 941. The Morgan fingerprint density at radius 2 is 1.73 bits per heavy atom. The molecule has 0 saturated carbocycles. The van der Waals surface area contributed by atoms with E-state index in [1.165, 1.54) is 12.1 Å². The number of carbonyl (C=O) groups excluding carboxylic acids is 1. The van der Waals surface area contributed by atoms with Crippen LogP contribution in [-0.2, 0) is 21.4 Å². The van der Waals surface area contributed by atoms with Gasteiger partial charge < -0.3 is 10.1 Å². The molecule has 0 radical (unpaired) electrons. The molecule has 2 aromatic rings. The number of nitrogens with one attached hydrogen (secondary N) is 2. The van der Waals surface area contributed by atoms with Crippen molar-refractivity contribution < 1.29 is 17.9 Å². The predicted octanol–water partition coefficient (Wildman–Crippen LogP) is 2.41. The highest BCUT2D eigenvalue weighted by molar-refractivity contribution is 7.89. The lowest BCUT2D eigenvalue weighted by molar-refractivity contribution is -0.122. The van der Waals surface area contributed by atoms with Gasteiger partial charge in [-0.25, -0.2) is 13.1 Å². The highest BCUT2D eigenvalue weighted by Crippen LogP contribution is 2.17. The fraction of sp³-hybridized carbons (Fsp3) is 0.381. The molecular weight excluding hydrogens is 426 g/mol. The van der Waals surface area contributed by atoms with E-state index in [2.05, 4.69) is 10.0 Å². The number of piperidine rings is 1. The number of hydrogen-bond donors (Lipinski definition) is 2. The zero-order valence-corrected chi connectivity index (χ0v) is 18.4. The summed E-state index contributed by atoms with van der Waals surface area (Å²) >= 11 is 5.82. The van der Waals surface area contributed by atoms with Gasteiger partial charge in [0.15, 0.2) is 0 Å². The van der Waals surface area contributed by atoms with E-state index in [4.69, 9.17) is 16.3 Å². The lowest BCUT2D eigenvalue weighted by Crippen LogP contribution is -2.47. The molecule has 7 nitrogen and oxygen atoms in total. The minimum absolute atomic E-state index is 0.0500. The number of benzene rings is 2. The van der Waals surface area contributed by atoms with Crippen molar-refractivity contribution in [2.24, 2.45) is 0 Å². The second kappa shape index (κ2) is 10.3. The Hall–Kier alpha value is -2.13. The van der Waals surface area contributed by atoms with E-state index in [0.717, 1.165) is 11.3 Å². The summed E-state index contributed by atoms with van der Waals surface area (Å²) in [5, 5.41) is 3.41. The third-order valence-electron chi connectivity index (χ3n) is 5.05. The summed E-state index contributed by atoms with van der Waals surface area (Å²) in [5.74, 6) is 0.727. The number of carbonyl (C=O) groups is 1. The standard InChI is InChI=1S/C21H26ClN3O4S/c1-29-19-6-2-16(3-7-19)14-23-21(26)15-25-12-10-18(11-13-25)24-30(27,28)20-8-4-17(22)5-9-20/h2-9,18,24H,10-15H2,1H3,(H,23,26). The summed E-state index contributed by atoms with van der Waals surface area (Å²) < 4.78 is 32.9. The van der Waals surface area contributed by atoms with E-state index in [-0.39, 0.29) is 16.8 Å². The van der Waals surface area contributed by atoms with Gasteiger partial charge in [0.2, 0.25) is 15.9 Å². The molecule has 0 bridgehead atoms. The summed E-state index contributed by atoms with van der Waals surface area (Å²) in [6, 6.07) is 13.5. The Kier molecular flexibility index (Phi) is 7.71. The minimum atomic E-state index is -3.58. The summed E-state index contributed by atoms with van der Waals surface area (Å²) in [4.78, 5) is 14.5. The Labute approximate surface area is 182 Å². The first-order valence-electron chi connectivity index (χ1n) is 9.75. The molecule has 2 N–H and O–H groups in total. The van der Waals surface area contributed by atoms with Crippen LogP contribution in [-0.4, -0.2) is 52.0 Å². The van der Waals surface area contributed by atoms with Gasteiger partial charge in [0, 0.05) is 30.7 Å². The molecule has 1 saturated heterocycles. The number of likely N-dealkylation sites (tertiary alicyclic amines) is 1. The van der Waals surface area contributed by atoms with Gasteiger partial charge in [0.1, 0.15) is 5.75 Å². The van der Waals surface area contributed by atoms with Crippen LogP contribution in [0, 0.1) is 0 Å². The van der Waals surface area contributed by atoms with Crippen molar-refractivity contribution in [1.29, 1.82) is 0 Å². The molecule has 0 aliphatic carbocycles. The van der Waals surface area contributed by atoms with Crippen molar-refractivity contribution in [3.8, 4) is 5.75 Å². The van der Waals surface area contributed by atoms with Crippen LogP contribution in [0.15, 0.2) is 53.4 Å². The van der Waals surface area contributed by atoms with E-state index in [9.17, 15) is 13.2 Å². The van der Waals surface area contributed by atoms with Crippen molar-refractivity contribution in [3.05, 3.63) is 59.1 Å². The molecule has 1 fully saturated rings. The van der Waals surface area contributed by atoms with Crippen LogP contribution >= 0.6 is 11.6 Å². The van der Waals surface area contributed by atoms with Crippen molar-refractivity contribution in [2.75, 3.05) is 26.7 Å². The predicted molar refractivity (Wildman–Crippen MR) is 116 cm³/mol. The lowest BCUT2D eigenvalue weighted by atomic mass is 10.1. The van der Waals surface area contributed by atoms with Crippen LogP contribution in [0.1, 0.15) is 18.4 Å². The smallest absolute Gasteiger partial charge is 0.240 e. The van der Waals surface area contributed by atoms with Gasteiger partial charge in [-0.3, -0.25) is 9.69 Å². The van der Waals surface area contributed by atoms with Gasteiger partial charge in [-0.15, -0.1) is 0 Å². The molecule has 0 aromatic heterocycles. The fourth-order valence-corrected chi connectivity index (χ4v) is 4.74. The minimum Gasteiger partial charge on any atom is -0.497 e. The molecule has 0 spiro atoms. The highest BCUT2D eigenvalue weighted by Gasteiger charge is 2.25. The molecule has 3 rings (SSSR count). The van der Waals surface area contributed by atoms with E-state index >= 15 is 0 Å². The molecule has 9 heteroatoms. The fourth-order valence-electron chi connectivity index (χ4n) is 3.31. The number of methoxy groups -OCH3 is 1. The number of amides is 1. The second-order valence-corrected chi connectivity index (χ2v) is 9.40. The molecular formula is C21H26ClN3O4S. The average Bonchev–Trinajstić information content (AvgIpc) is 2.74. The van der Waals surface area contributed by atoms with Crippen molar-refractivity contribution in [2.45, 2.75) is 30.3 Å². The largest absolute Gasteiger partial charge is 0.497 e. The second-order valence-electron chi connectivity index (χ2n) is 7.25. The monoisotopic (exact) mass is 451 g/mol. The zero-order chi connectivity index (χ0) is 21.6. The molecule has 1 aliphatic rings. The molecule has 30 heavy (non-hydrogen) atoms. The van der Waals surface area contributed by atoms with Crippen LogP contribution < -0.4 is 14.8 Å². The first-order chi connectivity index (χ1) is 14.4. The molecule has 1 aliphatic heterocycles. The maximum Gasteiger partial charge on any atom is 0.240 e. The topological polar surface area (TPSA) is 87.7 Å². The van der Waals surface area contributed by atoms with Crippen molar-refractivity contribution in [3.63, 3.8) is 0 Å². The van der Waals surface area contributed by atoms with E-state index in [1.54, 1.807) is 19.2 Å². The Morgan fingerprint density at radius 3 is 2.33 bits per heavy atom.